The van der Waals surface area contributed by atoms with Crippen LogP contribution in [0.15, 0.2) is 24.3 Å². The van der Waals surface area contributed by atoms with E-state index in [0.29, 0.717) is 0 Å². The molecule has 1 fully saturated rings. The predicted molar refractivity (Wildman–Crippen MR) is 66.1 cm³/mol. The van der Waals surface area contributed by atoms with Gasteiger partial charge >= 0.3 is 0 Å². The van der Waals surface area contributed by atoms with Gasteiger partial charge in [-0.3, -0.25) is 0 Å². The number of anilines is 1. The Kier molecular flexibility index (Phi) is 2.29. The number of hydrogen-bond acceptors (Lipinski definition) is 3. The zero-order chi connectivity index (χ0) is 10.3. The highest BCUT2D eigenvalue weighted by Gasteiger charge is 2.22. The Hall–Kier alpha value is -0.800. The minimum Gasteiger partial charge on any atom is -0.347 e. The molecule has 0 radical (unpaired) electrons. The zero-order valence-corrected chi connectivity index (χ0v) is 9.76. The SMILES string of the molecule is ClC1CCN(c2nc3ccccc3s2)C1. The number of hydrogen-bond donors (Lipinski definition) is 0. The van der Waals surface area contributed by atoms with Crippen LogP contribution in [0.2, 0.25) is 0 Å². The molecule has 0 N–H and O–H groups in total. The third-order valence-electron chi connectivity index (χ3n) is 2.68. The Morgan fingerprint density at radius 3 is 3.00 bits per heavy atom. The predicted octanol–water partition coefficient (Wildman–Crippen LogP) is 3.11. The van der Waals surface area contributed by atoms with Gasteiger partial charge < -0.3 is 4.90 Å². The average molecular weight is 239 g/mol. The monoisotopic (exact) mass is 238 g/mol. The molecular weight excluding hydrogens is 228 g/mol. The molecule has 1 unspecified atom stereocenters. The van der Waals surface area contributed by atoms with E-state index in [9.17, 15) is 0 Å². The summed E-state index contributed by atoms with van der Waals surface area (Å²) in [7, 11) is 0. The molecule has 0 amide bonds. The third kappa shape index (κ3) is 1.70. The molecule has 1 aromatic heterocycles. The molecule has 1 aromatic carbocycles. The van der Waals surface area contributed by atoms with Gasteiger partial charge in [0.15, 0.2) is 5.13 Å². The molecule has 1 aliphatic heterocycles. The lowest BCUT2D eigenvalue weighted by Gasteiger charge is -2.12. The first kappa shape index (κ1) is 9.43. The number of thiazole rings is 1. The maximum atomic E-state index is 6.09. The summed E-state index contributed by atoms with van der Waals surface area (Å²) in [5.74, 6) is 0. The third-order valence-corrected chi connectivity index (χ3v) is 4.14. The smallest absolute Gasteiger partial charge is 0.186 e. The molecule has 1 saturated heterocycles. The summed E-state index contributed by atoms with van der Waals surface area (Å²) in [5, 5.41) is 1.40. The van der Waals surface area contributed by atoms with Crippen molar-refractivity contribution in [3.63, 3.8) is 0 Å². The number of nitrogens with zero attached hydrogens (tertiary/aromatic N) is 2. The van der Waals surface area contributed by atoms with Crippen LogP contribution in [0.25, 0.3) is 10.2 Å². The van der Waals surface area contributed by atoms with Gasteiger partial charge in [0.1, 0.15) is 0 Å². The number of aromatic nitrogens is 1. The molecule has 2 aromatic rings. The highest BCUT2D eigenvalue weighted by Crippen LogP contribution is 2.31. The Balaban J connectivity index is 1.98. The Morgan fingerprint density at radius 2 is 2.27 bits per heavy atom. The van der Waals surface area contributed by atoms with Crippen molar-refractivity contribution in [2.45, 2.75) is 11.8 Å². The van der Waals surface area contributed by atoms with Gasteiger partial charge in [0, 0.05) is 13.1 Å². The van der Waals surface area contributed by atoms with E-state index in [0.717, 1.165) is 30.2 Å². The summed E-state index contributed by atoms with van der Waals surface area (Å²) in [6.07, 6.45) is 1.07. The van der Waals surface area contributed by atoms with Crippen LogP contribution in [0.1, 0.15) is 6.42 Å². The summed E-state index contributed by atoms with van der Waals surface area (Å²) < 4.78 is 1.26. The number of halogens is 1. The first-order chi connectivity index (χ1) is 7.33. The fourth-order valence-electron chi connectivity index (χ4n) is 1.89. The number of para-hydroxylation sites is 1. The molecule has 1 atom stereocenters. The van der Waals surface area contributed by atoms with Crippen LogP contribution in [0.3, 0.4) is 0 Å². The Bertz CT molecular complexity index is 449. The number of benzene rings is 1. The van der Waals surface area contributed by atoms with Crippen LogP contribution in [0, 0.1) is 0 Å². The lowest BCUT2D eigenvalue weighted by Crippen LogP contribution is -2.19. The van der Waals surface area contributed by atoms with Crippen molar-refractivity contribution in [2.75, 3.05) is 18.0 Å². The molecule has 4 heteroatoms. The minimum atomic E-state index is 0.289. The molecule has 0 bridgehead atoms. The largest absolute Gasteiger partial charge is 0.347 e. The first-order valence-electron chi connectivity index (χ1n) is 5.07. The first-order valence-corrected chi connectivity index (χ1v) is 6.33. The van der Waals surface area contributed by atoms with Crippen LogP contribution in [-0.4, -0.2) is 23.5 Å². The van der Waals surface area contributed by atoms with Gasteiger partial charge in [-0.1, -0.05) is 23.5 Å². The van der Waals surface area contributed by atoms with E-state index < -0.39 is 0 Å². The normalized spacial score (nSPS) is 21.4. The summed E-state index contributed by atoms with van der Waals surface area (Å²) in [6.45, 7) is 1.97. The second kappa shape index (κ2) is 3.65. The summed E-state index contributed by atoms with van der Waals surface area (Å²) >= 11 is 7.84. The van der Waals surface area contributed by atoms with E-state index in [-0.39, 0.29) is 5.38 Å². The van der Waals surface area contributed by atoms with Gasteiger partial charge in [0.05, 0.1) is 15.6 Å². The number of rotatable bonds is 1. The van der Waals surface area contributed by atoms with E-state index in [1.807, 2.05) is 6.07 Å². The lowest BCUT2D eigenvalue weighted by atomic mass is 10.3. The van der Waals surface area contributed by atoms with Gasteiger partial charge in [0.25, 0.3) is 0 Å². The quantitative estimate of drug-likeness (QED) is 0.710. The lowest BCUT2D eigenvalue weighted by molar-refractivity contribution is 0.957. The number of alkyl halides is 1. The van der Waals surface area contributed by atoms with Crippen molar-refractivity contribution in [2.24, 2.45) is 0 Å². The average Bonchev–Trinajstić information content (AvgIpc) is 2.82. The highest BCUT2D eigenvalue weighted by atomic mass is 35.5. The highest BCUT2D eigenvalue weighted by molar-refractivity contribution is 7.22. The molecule has 2 nitrogen and oxygen atoms in total. The van der Waals surface area contributed by atoms with Crippen molar-refractivity contribution in [3.05, 3.63) is 24.3 Å². The summed E-state index contributed by atoms with van der Waals surface area (Å²) in [4.78, 5) is 6.90. The maximum absolute atomic E-state index is 6.09. The summed E-state index contributed by atoms with van der Waals surface area (Å²) in [5.41, 5.74) is 1.09. The van der Waals surface area contributed by atoms with E-state index in [4.69, 9.17) is 11.6 Å². The Morgan fingerprint density at radius 1 is 1.40 bits per heavy atom. The second-order valence-electron chi connectivity index (χ2n) is 3.80. The van der Waals surface area contributed by atoms with Crippen LogP contribution < -0.4 is 4.90 Å². The summed E-state index contributed by atoms with van der Waals surface area (Å²) in [6, 6.07) is 8.26. The maximum Gasteiger partial charge on any atom is 0.186 e. The van der Waals surface area contributed by atoms with Gasteiger partial charge in [-0.15, -0.1) is 11.6 Å². The molecule has 0 aliphatic carbocycles. The van der Waals surface area contributed by atoms with Crippen molar-refractivity contribution in [3.8, 4) is 0 Å². The van der Waals surface area contributed by atoms with Crippen LogP contribution in [0.5, 0.6) is 0 Å². The molecule has 0 spiro atoms. The topological polar surface area (TPSA) is 16.1 Å². The standard InChI is InChI=1S/C11H11ClN2S/c12-8-5-6-14(7-8)11-13-9-3-1-2-4-10(9)15-11/h1-4,8H,5-7H2. The minimum absolute atomic E-state index is 0.289. The molecule has 3 rings (SSSR count). The molecule has 78 valence electrons. The zero-order valence-electron chi connectivity index (χ0n) is 8.19. The molecule has 15 heavy (non-hydrogen) atoms. The van der Waals surface area contributed by atoms with E-state index in [1.54, 1.807) is 11.3 Å². The van der Waals surface area contributed by atoms with Crippen molar-refractivity contribution in [1.82, 2.24) is 4.98 Å². The van der Waals surface area contributed by atoms with E-state index in [1.165, 1.54) is 4.70 Å². The van der Waals surface area contributed by atoms with Crippen molar-refractivity contribution in [1.29, 1.82) is 0 Å². The van der Waals surface area contributed by atoms with E-state index in [2.05, 4.69) is 28.1 Å². The fraction of sp³-hybridized carbons (Fsp3) is 0.364. The molecule has 0 saturated carbocycles. The van der Waals surface area contributed by atoms with Crippen molar-refractivity contribution >= 4 is 38.3 Å². The van der Waals surface area contributed by atoms with Gasteiger partial charge in [-0.25, -0.2) is 4.98 Å². The number of fused-ring (bicyclic) bond motifs is 1. The van der Waals surface area contributed by atoms with Crippen LogP contribution in [-0.2, 0) is 0 Å². The fourth-order valence-corrected chi connectivity index (χ4v) is 3.15. The Labute approximate surface area is 97.5 Å². The van der Waals surface area contributed by atoms with Gasteiger partial charge in [-0.2, -0.15) is 0 Å². The molecular formula is C11H11ClN2S. The van der Waals surface area contributed by atoms with Crippen LogP contribution >= 0.6 is 22.9 Å². The van der Waals surface area contributed by atoms with E-state index >= 15 is 0 Å². The van der Waals surface area contributed by atoms with Crippen molar-refractivity contribution < 1.29 is 0 Å². The molecule has 2 heterocycles. The van der Waals surface area contributed by atoms with Gasteiger partial charge in [0.2, 0.25) is 0 Å². The van der Waals surface area contributed by atoms with Gasteiger partial charge in [-0.05, 0) is 18.6 Å². The second-order valence-corrected chi connectivity index (χ2v) is 5.42. The van der Waals surface area contributed by atoms with Crippen LogP contribution in [0.4, 0.5) is 5.13 Å². The molecule has 1 aliphatic rings.